The number of ether oxygens (including phenoxy) is 1. The number of esters is 1. The summed E-state index contributed by atoms with van der Waals surface area (Å²) in [5.74, 6) is -0.584. The highest BCUT2D eigenvalue weighted by molar-refractivity contribution is 7.11. The first-order chi connectivity index (χ1) is 11.1. The van der Waals surface area contributed by atoms with E-state index in [2.05, 4.69) is 15.3 Å². The summed E-state index contributed by atoms with van der Waals surface area (Å²) >= 11 is 1.48. The van der Waals surface area contributed by atoms with Gasteiger partial charge in [-0.15, -0.1) is 11.3 Å². The largest absolute Gasteiger partial charge is 0.480 e. The summed E-state index contributed by atoms with van der Waals surface area (Å²) in [6.45, 7) is 0.670. The first kappa shape index (κ1) is 15.6. The van der Waals surface area contributed by atoms with Gasteiger partial charge < -0.3 is 20.1 Å². The van der Waals surface area contributed by atoms with Crippen LogP contribution in [0.4, 0.5) is 0 Å². The molecule has 23 heavy (non-hydrogen) atoms. The average molecular weight is 336 g/mol. The number of rotatable bonds is 5. The molecule has 0 radical (unpaired) electrons. The number of carbonyl (C=O) groups excluding carboxylic acids is 1. The van der Waals surface area contributed by atoms with Crippen molar-refractivity contribution in [3.8, 4) is 0 Å². The smallest absolute Gasteiger partial charge is 0.337 e. The van der Waals surface area contributed by atoms with Crippen molar-refractivity contribution >= 4 is 29.1 Å². The Morgan fingerprint density at radius 2 is 2.39 bits per heavy atom. The number of fused-ring (bicyclic) bond motifs is 1. The second-order valence-electron chi connectivity index (χ2n) is 5.18. The van der Waals surface area contributed by atoms with Gasteiger partial charge in [-0.2, -0.15) is 0 Å². The predicted molar refractivity (Wildman–Crippen MR) is 83.3 cm³/mol. The quantitative estimate of drug-likeness (QED) is 0.734. The van der Waals surface area contributed by atoms with Gasteiger partial charge in [0.05, 0.1) is 25.8 Å². The molecule has 1 saturated heterocycles. The van der Waals surface area contributed by atoms with Crippen LogP contribution in [0.2, 0.25) is 0 Å². The van der Waals surface area contributed by atoms with Gasteiger partial charge >= 0.3 is 11.9 Å². The van der Waals surface area contributed by atoms with Crippen LogP contribution >= 0.6 is 11.3 Å². The van der Waals surface area contributed by atoms with Crippen LogP contribution in [0.15, 0.2) is 27.8 Å². The number of carboxylic acid groups (broad SMARTS) is 1. The molecule has 3 heterocycles. The van der Waals surface area contributed by atoms with Gasteiger partial charge in [0, 0.05) is 36.3 Å². The fourth-order valence-electron chi connectivity index (χ4n) is 2.76. The Hall–Kier alpha value is -2.26. The number of hydrogen-bond acceptors (Lipinski definition) is 8. The average Bonchev–Trinajstić information content (AvgIpc) is 3.20. The van der Waals surface area contributed by atoms with Crippen LogP contribution in [0, 0.1) is 0 Å². The minimum absolute atomic E-state index is 0.0657. The molecule has 2 aliphatic rings. The van der Waals surface area contributed by atoms with Crippen LogP contribution in [0.3, 0.4) is 0 Å². The van der Waals surface area contributed by atoms with Crippen LogP contribution in [-0.4, -0.2) is 65.6 Å². The lowest BCUT2D eigenvalue weighted by atomic mass is 10.1. The Labute approximate surface area is 136 Å². The maximum Gasteiger partial charge on any atom is 0.337 e. The van der Waals surface area contributed by atoms with Gasteiger partial charge in [0.1, 0.15) is 0 Å². The van der Waals surface area contributed by atoms with Gasteiger partial charge in [-0.1, -0.05) is 0 Å². The Morgan fingerprint density at radius 3 is 3.04 bits per heavy atom. The summed E-state index contributed by atoms with van der Waals surface area (Å²) in [5.41, 5.74) is 1.35. The van der Waals surface area contributed by atoms with E-state index in [1.165, 1.54) is 18.4 Å². The van der Waals surface area contributed by atoms with Gasteiger partial charge in [0.25, 0.3) is 0 Å². The minimum Gasteiger partial charge on any atom is -0.480 e. The van der Waals surface area contributed by atoms with Crippen LogP contribution in [0.25, 0.3) is 0 Å². The van der Waals surface area contributed by atoms with Crippen molar-refractivity contribution in [3.63, 3.8) is 0 Å². The molecule has 2 aliphatic heterocycles. The molecule has 0 saturated carbocycles. The highest BCUT2D eigenvalue weighted by atomic mass is 32.1. The molecule has 2 N–H and O–H groups in total. The van der Waals surface area contributed by atoms with E-state index in [1.54, 1.807) is 6.20 Å². The molecule has 9 heteroatoms. The Kier molecular flexibility index (Phi) is 4.39. The van der Waals surface area contributed by atoms with Gasteiger partial charge in [-0.3, -0.25) is 9.79 Å². The topological polar surface area (TPSA) is 104 Å². The predicted octanol–water partition coefficient (Wildman–Crippen LogP) is 0.0789. The summed E-state index contributed by atoms with van der Waals surface area (Å²) in [4.78, 5) is 33.4. The van der Waals surface area contributed by atoms with Crippen molar-refractivity contribution < 1.29 is 19.4 Å². The lowest BCUT2D eigenvalue weighted by Gasteiger charge is -2.26. The maximum atomic E-state index is 12.0. The first-order valence-corrected chi connectivity index (χ1v) is 7.95. The van der Waals surface area contributed by atoms with Crippen LogP contribution < -0.4 is 5.32 Å². The standard InChI is InChI=1S/C14H16N4O4S/c1-22-14(21)9-5-17-12(13-15-2-3-23-13)18-7-8(4-10(9)18)16-6-11(19)20/h2-3,8,16H,4-7H2,1H3,(H,19,20). The van der Waals surface area contributed by atoms with Crippen molar-refractivity contribution in [1.82, 2.24) is 15.2 Å². The molecule has 0 amide bonds. The molecule has 1 aromatic rings. The number of hydrogen-bond donors (Lipinski definition) is 2. The SMILES string of the molecule is COC(=O)C1=C2CC(NCC(=O)O)CN2C(c2nccs2)=NC1. The molecule has 1 unspecified atom stereocenters. The number of aliphatic imine (C=N–C) groups is 1. The summed E-state index contributed by atoms with van der Waals surface area (Å²) in [6.07, 6.45) is 2.26. The van der Waals surface area contributed by atoms with E-state index in [0.717, 1.165) is 16.5 Å². The zero-order valence-electron chi connectivity index (χ0n) is 12.5. The zero-order valence-corrected chi connectivity index (χ0v) is 13.3. The van der Waals surface area contributed by atoms with Crippen molar-refractivity contribution in [2.75, 3.05) is 26.7 Å². The van der Waals surface area contributed by atoms with E-state index in [-0.39, 0.29) is 19.1 Å². The van der Waals surface area contributed by atoms with E-state index < -0.39 is 11.9 Å². The monoisotopic (exact) mass is 336 g/mol. The molecule has 122 valence electrons. The number of nitrogens with one attached hydrogen (secondary N) is 1. The summed E-state index contributed by atoms with van der Waals surface area (Å²) in [7, 11) is 1.34. The van der Waals surface area contributed by atoms with E-state index in [0.29, 0.717) is 18.5 Å². The second kappa shape index (κ2) is 6.47. The minimum atomic E-state index is -0.911. The number of aliphatic carboxylic acids is 1. The summed E-state index contributed by atoms with van der Waals surface area (Å²) in [5, 5.41) is 14.5. The molecule has 0 spiro atoms. The molecule has 1 fully saturated rings. The highest BCUT2D eigenvalue weighted by Gasteiger charge is 2.37. The van der Waals surface area contributed by atoms with Crippen molar-refractivity contribution in [2.45, 2.75) is 12.5 Å². The van der Waals surface area contributed by atoms with E-state index >= 15 is 0 Å². The summed E-state index contributed by atoms with van der Waals surface area (Å²) in [6, 6.07) is -0.0657. The third-order valence-corrected chi connectivity index (χ3v) is 4.53. The Bertz CT molecular complexity index is 683. The highest BCUT2D eigenvalue weighted by Crippen LogP contribution is 2.31. The molecular weight excluding hydrogens is 320 g/mol. The Balaban J connectivity index is 1.87. The van der Waals surface area contributed by atoms with Crippen molar-refractivity contribution in [3.05, 3.63) is 27.9 Å². The first-order valence-electron chi connectivity index (χ1n) is 7.07. The number of carboxylic acids is 1. The normalized spacial score (nSPS) is 20.3. The van der Waals surface area contributed by atoms with E-state index in [9.17, 15) is 9.59 Å². The lowest BCUT2D eigenvalue weighted by Crippen LogP contribution is -2.38. The Morgan fingerprint density at radius 1 is 1.57 bits per heavy atom. The molecule has 3 rings (SSSR count). The fraction of sp³-hybridized carbons (Fsp3) is 0.429. The number of amidine groups is 1. The van der Waals surface area contributed by atoms with Gasteiger partial charge in [0.2, 0.25) is 0 Å². The molecule has 1 atom stereocenters. The van der Waals surface area contributed by atoms with Crippen molar-refractivity contribution in [2.24, 2.45) is 4.99 Å². The number of carbonyl (C=O) groups is 2. The third-order valence-electron chi connectivity index (χ3n) is 3.76. The van der Waals surface area contributed by atoms with Crippen molar-refractivity contribution in [1.29, 1.82) is 0 Å². The zero-order chi connectivity index (χ0) is 16.4. The fourth-order valence-corrected chi connectivity index (χ4v) is 3.41. The molecule has 8 nitrogen and oxygen atoms in total. The molecule has 0 aliphatic carbocycles. The second-order valence-corrected chi connectivity index (χ2v) is 6.07. The number of thiazole rings is 1. The van der Waals surface area contributed by atoms with Gasteiger partial charge in [-0.05, 0) is 0 Å². The lowest BCUT2D eigenvalue weighted by molar-refractivity contribution is -0.137. The van der Waals surface area contributed by atoms with Crippen LogP contribution in [0.1, 0.15) is 11.4 Å². The van der Waals surface area contributed by atoms with Crippen LogP contribution in [0.5, 0.6) is 0 Å². The molecular formula is C14H16N4O4S. The van der Waals surface area contributed by atoms with Crippen LogP contribution in [-0.2, 0) is 14.3 Å². The summed E-state index contributed by atoms with van der Waals surface area (Å²) < 4.78 is 4.84. The third kappa shape index (κ3) is 3.10. The van der Waals surface area contributed by atoms with Gasteiger partial charge in [0.15, 0.2) is 10.8 Å². The number of methoxy groups -OCH3 is 1. The number of aromatic nitrogens is 1. The molecule has 0 bridgehead atoms. The maximum absolute atomic E-state index is 12.0. The van der Waals surface area contributed by atoms with Gasteiger partial charge in [-0.25, -0.2) is 9.78 Å². The van der Waals surface area contributed by atoms with E-state index in [1.807, 2.05) is 10.3 Å². The van der Waals surface area contributed by atoms with E-state index in [4.69, 9.17) is 9.84 Å². The molecule has 1 aromatic heterocycles. The number of nitrogens with zero attached hydrogens (tertiary/aromatic N) is 3. The molecule has 0 aromatic carbocycles.